The lowest BCUT2D eigenvalue weighted by molar-refractivity contribution is 0.244. The quantitative estimate of drug-likeness (QED) is 0.860. The standard InChI is InChI=1S/C14H19N3O4S.ClH/c1-9-8-17(10(2)7-15-9)22(19,20)11-4-5-12-13(6-11)21-14(18)16(12)3;/h4-6,9-10,15H,7-8H2,1-3H3;1H. The number of nitrogens with one attached hydrogen (secondary N) is 1. The average molecular weight is 362 g/mol. The van der Waals surface area contributed by atoms with Crippen molar-refractivity contribution in [3.63, 3.8) is 0 Å². The maximum atomic E-state index is 12.9. The summed E-state index contributed by atoms with van der Waals surface area (Å²) in [5, 5.41) is 3.26. The summed E-state index contributed by atoms with van der Waals surface area (Å²) < 4.78 is 33.6. The topological polar surface area (TPSA) is 84.6 Å². The molecule has 1 N–H and O–H groups in total. The van der Waals surface area contributed by atoms with Crippen LogP contribution in [0.3, 0.4) is 0 Å². The number of sulfonamides is 1. The molecule has 0 saturated carbocycles. The van der Waals surface area contributed by atoms with Gasteiger partial charge in [-0.05, 0) is 26.0 Å². The van der Waals surface area contributed by atoms with Crippen molar-refractivity contribution in [2.45, 2.75) is 30.8 Å². The molecule has 0 radical (unpaired) electrons. The van der Waals surface area contributed by atoms with E-state index in [0.717, 1.165) is 0 Å². The van der Waals surface area contributed by atoms with Crippen molar-refractivity contribution >= 4 is 33.5 Å². The zero-order valence-electron chi connectivity index (χ0n) is 13.1. The second-order valence-electron chi connectivity index (χ2n) is 5.79. The van der Waals surface area contributed by atoms with Gasteiger partial charge in [0.2, 0.25) is 10.0 Å². The van der Waals surface area contributed by atoms with Crippen molar-refractivity contribution in [3.8, 4) is 0 Å². The predicted octanol–water partition coefficient (Wildman–Crippen LogP) is 0.924. The minimum atomic E-state index is -3.62. The molecule has 0 amide bonds. The number of benzene rings is 1. The van der Waals surface area contributed by atoms with Gasteiger partial charge in [0.1, 0.15) is 0 Å². The zero-order valence-corrected chi connectivity index (χ0v) is 14.8. The lowest BCUT2D eigenvalue weighted by atomic mass is 10.2. The summed E-state index contributed by atoms with van der Waals surface area (Å²) in [5.74, 6) is -0.506. The first kappa shape index (κ1) is 18.0. The van der Waals surface area contributed by atoms with Crippen molar-refractivity contribution in [1.82, 2.24) is 14.2 Å². The van der Waals surface area contributed by atoms with Crippen LogP contribution < -0.4 is 11.1 Å². The molecule has 2 aromatic rings. The molecule has 23 heavy (non-hydrogen) atoms. The van der Waals surface area contributed by atoms with Gasteiger partial charge in [-0.3, -0.25) is 4.57 Å². The van der Waals surface area contributed by atoms with Crippen LogP contribution in [0.4, 0.5) is 0 Å². The van der Waals surface area contributed by atoms with Crippen LogP contribution in [-0.2, 0) is 17.1 Å². The Kier molecular flexibility index (Phi) is 4.91. The highest BCUT2D eigenvalue weighted by atomic mass is 35.5. The van der Waals surface area contributed by atoms with E-state index in [1.165, 1.54) is 21.0 Å². The minimum absolute atomic E-state index is 0. The molecule has 2 heterocycles. The molecular weight excluding hydrogens is 342 g/mol. The molecule has 1 saturated heterocycles. The van der Waals surface area contributed by atoms with Gasteiger partial charge in [0.15, 0.2) is 5.58 Å². The number of piperazine rings is 1. The highest BCUT2D eigenvalue weighted by molar-refractivity contribution is 7.89. The number of halogens is 1. The second-order valence-corrected chi connectivity index (χ2v) is 7.68. The van der Waals surface area contributed by atoms with E-state index in [1.54, 1.807) is 13.1 Å². The fourth-order valence-electron chi connectivity index (χ4n) is 2.73. The van der Waals surface area contributed by atoms with Gasteiger partial charge in [0.25, 0.3) is 0 Å². The van der Waals surface area contributed by atoms with Gasteiger partial charge in [-0.15, -0.1) is 12.4 Å². The molecule has 0 spiro atoms. The average Bonchev–Trinajstić information content (AvgIpc) is 2.76. The summed E-state index contributed by atoms with van der Waals surface area (Å²) in [6.45, 7) is 4.86. The summed E-state index contributed by atoms with van der Waals surface area (Å²) in [4.78, 5) is 11.7. The molecule has 1 fully saturated rings. The number of aryl methyl sites for hydroxylation is 1. The van der Waals surface area contributed by atoms with Crippen molar-refractivity contribution in [1.29, 1.82) is 0 Å². The fourth-order valence-corrected chi connectivity index (χ4v) is 4.47. The second kappa shape index (κ2) is 6.27. The number of aromatic nitrogens is 1. The van der Waals surface area contributed by atoms with E-state index in [1.807, 2.05) is 13.8 Å². The van der Waals surface area contributed by atoms with Crippen molar-refractivity contribution < 1.29 is 12.8 Å². The molecule has 1 aromatic heterocycles. The predicted molar refractivity (Wildman–Crippen MR) is 89.5 cm³/mol. The Hall–Kier alpha value is -1.35. The third kappa shape index (κ3) is 3.03. The van der Waals surface area contributed by atoms with E-state index < -0.39 is 15.8 Å². The van der Waals surface area contributed by atoms with Gasteiger partial charge in [-0.25, -0.2) is 13.2 Å². The Morgan fingerprint density at radius 3 is 2.70 bits per heavy atom. The highest BCUT2D eigenvalue weighted by Gasteiger charge is 2.33. The molecule has 2 unspecified atom stereocenters. The monoisotopic (exact) mass is 361 g/mol. The Balaban J connectivity index is 0.00000192. The number of hydrogen-bond donors (Lipinski definition) is 1. The maximum Gasteiger partial charge on any atom is 0.419 e. The van der Waals surface area contributed by atoms with Gasteiger partial charge < -0.3 is 9.73 Å². The molecule has 1 aliphatic heterocycles. The highest BCUT2D eigenvalue weighted by Crippen LogP contribution is 2.24. The molecule has 9 heteroatoms. The normalized spacial score (nSPS) is 22.9. The van der Waals surface area contributed by atoms with Crippen LogP contribution >= 0.6 is 12.4 Å². The summed E-state index contributed by atoms with van der Waals surface area (Å²) in [6, 6.07) is 4.52. The first-order valence-corrected chi connectivity index (χ1v) is 8.59. The van der Waals surface area contributed by atoms with Crippen molar-refractivity contribution in [2.75, 3.05) is 13.1 Å². The third-order valence-corrected chi connectivity index (χ3v) is 6.05. The maximum absolute atomic E-state index is 12.9. The fraction of sp³-hybridized carbons (Fsp3) is 0.500. The summed E-state index contributed by atoms with van der Waals surface area (Å²) in [5.41, 5.74) is 0.857. The zero-order chi connectivity index (χ0) is 16.1. The molecule has 1 aliphatic rings. The van der Waals surface area contributed by atoms with Crippen LogP contribution in [0.25, 0.3) is 11.1 Å². The first-order chi connectivity index (χ1) is 10.3. The summed E-state index contributed by atoms with van der Waals surface area (Å²) >= 11 is 0. The van der Waals surface area contributed by atoms with Gasteiger partial charge >= 0.3 is 5.76 Å². The molecular formula is C14H20ClN3O4S. The molecule has 2 atom stereocenters. The number of oxazole rings is 1. The lowest BCUT2D eigenvalue weighted by Gasteiger charge is -2.36. The molecule has 0 aliphatic carbocycles. The SMILES string of the molecule is CC1CN(S(=O)(=O)c2ccc3c(c2)oc(=O)n3C)C(C)CN1.Cl. The number of fused-ring (bicyclic) bond motifs is 1. The van der Waals surface area contributed by atoms with Crippen molar-refractivity contribution in [2.24, 2.45) is 7.05 Å². The van der Waals surface area contributed by atoms with Crippen LogP contribution in [0.15, 0.2) is 32.3 Å². The molecule has 1 aromatic carbocycles. The Labute approximate surface area is 140 Å². The first-order valence-electron chi connectivity index (χ1n) is 7.15. The van der Waals surface area contributed by atoms with Crippen molar-refractivity contribution in [3.05, 3.63) is 28.7 Å². The van der Waals surface area contributed by atoms with E-state index in [-0.39, 0.29) is 35.0 Å². The van der Waals surface area contributed by atoms with Crippen LogP contribution in [0, 0.1) is 0 Å². The van der Waals surface area contributed by atoms with E-state index in [9.17, 15) is 13.2 Å². The molecule has 128 valence electrons. The smallest absolute Gasteiger partial charge is 0.408 e. The third-order valence-electron chi connectivity index (χ3n) is 4.08. The van der Waals surface area contributed by atoms with E-state index in [2.05, 4.69) is 5.32 Å². The van der Waals surface area contributed by atoms with E-state index in [0.29, 0.717) is 18.6 Å². The Morgan fingerprint density at radius 1 is 1.30 bits per heavy atom. The van der Waals surface area contributed by atoms with Gasteiger partial charge in [-0.2, -0.15) is 4.31 Å². The molecule has 7 nitrogen and oxygen atoms in total. The van der Waals surface area contributed by atoms with E-state index >= 15 is 0 Å². The molecule has 0 bridgehead atoms. The van der Waals surface area contributed by atoms with Gasteiger partial charge in [-0.1, -0.05) is 0 Å². The number of nitrogens with zero attached hydrogens (tertiary/aromatic N) is 2. The molecule has 3 rings (SSSR count). The minimum Gasteiger partial charge on any atom is -0.408 e. The van der Waals surface area contributed by atoms with Crippen LogP contribution in [-0.4, -0.2) is 42.5 Å². The number of hydrogen-bond acceptors (Lipinski definition) is 5. The largest absolute Gasteiger partial charge is 0.419 e. The van der Waals surface area contributed by atoms with Crippen LogP contribution in [0.1, 0.15) is 13.8 Å². The van der Waals surface area contributed by atoms with Gasteiger partial charge in [0, 0.05) is 38.3 Å². The summed E-state index contributed by atoms with van der Waals surface area (Å²) in [7, 11) is -2.03. The lowest BCUT2D eigenvalue weighted by Crippen LogP contribution is -2.56. The van der Waals surface area contributed by atoms with Gasteiger partial charge in [0.05, 0.1) is 10.4 Å². The number of rotatable bonds is 2. The summed E-state index contributed by atoms with van der Waals surface area (Å²) in [6.07, 6.45) is 0. The van der Waals surface area contributed by atoms with E-state index in [4.69, 9.17) is 4.42 Å². The van der Waals surface area contributed by atoms with Crippen LogP contribution in [0.2, 0.25) is 0 Å². The Morgan fingerprint density at radius 2 is 2.00 bits per heavy atom. The van der Waals surface area contributed by atoms with Crippen LogP contribution in [0.5, 0.6) is 0 Å². The Bertz CT molecular complexity index is 874.